The van der Waals surface area contributed by atoms with E-state index in [1.165, 1.54) is 94.9 Å². The van der Waals surface area contributed by atoms with Gasteiger partial charge in [-0.05, 0) is 31.7 Å². The first-order chi connectivity index (χ1) is 30.5. The zero-order valence-electron chi connectivity index (χ0n) is 37.9. The molecular formula is C46H74FN6O9P. The van der Waals surface area contributed by atoms with E-state index in [-0.39, 0.29) is 43.0 Å². The van der Waals surface area contributed by atoms with Crippen LogP contribution in [-0.2, 0) is 43.8 Å². The first kappa shape index (κ1) is 52.1. The third-order valence-corrected chi connectivity index (χ3v) is 13.0. The zero-order valence-corrected chi connectivity index (χ0v) is 38.8. The maximum absolute atomic E-state index is 14.8. The van der Waals surface area contributed by atoms with Crippen LogP contribution in [0.3, 0.4) is 0 Å². The molecule has 1 unspecified atom stereocenters. The van der Waals surface area contributed by atoms with Gasteiger partial charge in [-0.2, -0.15) is 14.4 Å². The number of aliphatic hydroxyl groups is 1. The lowest BCUT2D eigenvalue weighted by atomic mass is 10.1. The molecule has 0 spiro atoms. The molecule has 1 aromatic carbocycles. The summed E-state index contributed by atoms with van der Waals surface area (Å²) in [7, 11) is -4.57. The van der Waals surface area contributed by atoms with E-state index in [1.54, 1.807) is 0 Å². The van der Waals surface area contributed by atoms with Gasteiger partial charge in [-0.1, -0.05) is 160 Å². The van der Waals surface area contributed by atoms with Crippen LogP contribution in [0.5, 0.6) is 0 Å². The molecule has 0 saturated carbocycles. The summed E-state index contributed by atoms with van der Waals surface area (Å²) in [6.07, 6.45) is 18.5. The monoisotopic (exact) mass is 905 g/mol. The normalized spacial score (nSPS) is 18.3. The fraction of sp³-hybridized carbons (Fsp3) is 0.717. The summed E-state index contributed by atoms with van der Waals surface area (Å²) in [5.74, 6) is -1.55. The number of ether oxygens (including phenoxy) is 3. The van der Waals surface area contributed by atoms with Crippen LogP contribution in [0.1, 0.15) is 167 Å². The average molecular weight is 905 g/mol. The van der Waals surface area contributed by atoms with Crippen molar-refractivity contribution in [3.05, 3.63) is 48.3 Å². The highest BCUT2D eigenvalue weighted by molar-refractivity contribution is 7.51. The molecule has 0 bridgehead atoms. The van der Waals surface area contributed by atoms with Crippen molar-refractivity contribution in [3.63, 3.8) is 0 Å². The second-order valence-corrected chi connectivity index (χ2v) is 18.5. The summed E-state index contributed by atoms with van der Waals surface area (Å²) in [4.78, 5) is 38.4. The number of nitrogens with zero attached hydrogens (tertiary/aromatic N) is 4. The summed E-state index contributed by atoms with van der Waals surface area (Å²) in [5, 5.41) is 13.9. The van der Waals surface area contributed by atoms with Crippen LogP contribution in [0.25, 0.3) is 11.2 Å². The van der Waals surface area contributed by atoms with Crippen molar-refractivity contribution in [2.75, 3.05) is 25.6 Å². The van der Waals surface area contributed by atoms with Crippen LogP contribution >= 0.6 is 7.75 Å². The predicted molar refractivity (Wildman–Crippen MR) is 241 cm³/mol. The van der Waals surface area contributed by atoms with Crippen LogP contribution in [-0.4, -0.2) is 80.7 Å². The molecule has 0 aliphatic carbocycles. The molecule has 3 heterocycles. The molecule has 17 heteroatoms. The van der Waals surface area contributed by atoms with Gasteiger partial charge in [0.05, 0.1) is 32.3 Å². The van der Waals surface area contributed by atoms with Crippen LogP contribution in [0.4, 0.5) is 10.2 Å². The van der Waals surface area contributed by atoms with Gasteiger partial charge in [0.2, 0.25) is 0 Å². The first-order valence-electron chi connectivity index (χ1n) is 23.6. The number of fused-ring (bicyclic) bond motifs is 1. The minimum absolute atomic E-state index is 0.0210. The highest BCUT2D eigenvalue weighted by atomic mass is 31.2. The Balaban J connectivity index is 1.39. The number of aliphatic hydroxyl groups excluding tert-OH is 1. The zero-order chi connectivity index (χ0) is 45.3. The summed E-state index contributed by atoms with van der Waals surface area (Å²) < 4.78 is 59.4. The highest BCUT2D eigenvalue weighted by Gasteiger charge is 2.41. The fourth-order valence-electron chi connectivity index (χ4n) is 7.64. The van der Waals surface area contributed by atoms with E-state index in [9.17, 15) is 23.7 Å². The Labute approximate surface area is 373 Å². The van der Waals surface area contributed by atoms with E-state index in [4.69, 9.17) is 29.0 Å². The summed E-state index contributed by atoms with van der Waals surface area (Å²) in [6.45, 7) is 5.71. The van der Waals surface area contributed by atoms with E-state index in [0.717, 1.165) is 44.1 Å². The molecule has 1 aliphatic heterocycles. The summed E-state index contributed by atoms with van der Waals surface area (Å²) in [5.41, 5.74) is 6.83. The van der Waals surface area contributed by atoms with E-state index in [2.05, 4.69) is 33.9 Å². The highest BCUT2D eigenvalue weighted by Crippen LogP contribution is 2.47. The largest absolute Gasteiger partial charge is 0.465 e. The predicted octanol–water partition coefficient (Wildman–Crippen LogP) is 9.85. The van der Waals surface area contributed by atoms with Crippen molar-refractivity contribution in [2.45, 2.75) is 193 Å². The average Bonchev–Trinajstić information content (AvgIpc) is 3.86. The number of carbonyl (C=O) groups excluding carboxylic acids is 2. The van der Waals surface area contributed by atoms with Crippen LogP contribution < -0.4 is 10.8 Å². The lowest BCUT2D eigenvalue weighted by molar-refractivity contribution is -0.151. The number of halogens is 1. The van der Waals surface area contributed by atoms with E-state index in [1.807, 2.05) is 30.3 Å². The lowest BCUT2D eigenvalue weighted by Gasteiger charge is -2.27. The molecular weight excluding hydrogens is 831 g/mol. The smallest absolute Gasteiger partial charge is 0.407 e. The van der Waals surface area contributed by atoms with Crippen LogP contribution in [0, 0.1) is 6.08 Å². The van der Waals surface area contributed by atoms with Gasteiger partial charge in [-0.3, -0.25) is 18.4 Å². The van der Waals surface area contributed by atoms with Crippen LogP contribution in [0.15, 0.2) is 36.7 Å². The Morgan fingerprint density at radius 3 is 1.97 bits per heavy atom. The molecule has 3 aromatic rings. The van der Waals surface area contributed by atoms with Crippen molar-refractivity contribution in [1.29, 1.82) is 0 Å². The number of unbranched alkanes of at least 4 members (excludes halogenated alkanes) is 18. The standard InChI is InChI=1S/C46H74FN6O9P/c1-4-6-8-10-12-14-16-18-20-25-29-58-44(55)35(3)62-63(57,60-33-39-38(54)32-40(61-39)53-34-49-41-42(48)50-46(47)51-43(41)53)52-37(31-36-27-23-22-24-28-36)45(56)59-30-26-21-19-17-15-13-11-9-7-5-2/h22-24,27-28,34-35,37-40,54H,4-21,25-26,29-33H2,1-3H3,(H,52,57)(H2,48,50,51)/t35-,37-,38-,39+,40+,63?/m0/s1. The van der Waals surface area contributed by atoms with Crippen molar-refractivity contribution in [1.82, 2.24) is 24.6 Å². The Morgan fingerprint density at radius 1 is 0.857 bits per heavy atom. The molecule has 4 rings (SSSR count). The SMILES string of the molecule is CCCCCCCCCCCCOC(=O)[C@H](Cc1ccccc1)NP(=O)(OC[C@H]1O[C@@H](n2cnc3c(N)nc(F)nc32)C[C@@H]1O)O[C@@H](C)C(=O)OCCCCCCCCCCCC. The van der Waals surface area contributed by atoms with Gasteiger partial charge in [0.25, 0.3) is 0 Å². The second kappa shape index (κ2) is 29.1. The molecule has 4 N–H and O–H groups in total. The molecule has 15 nitrogen and oxygen atoms in total. The number of esters is 2. The number of carbonyl (C=O) groups is 2. The number of hydrogen-bond acceptors (Lipinski definition) is 13. The number of rotatable bonds is 34. The molecule has 63 heavy (non-hydrogen) atoms. The third kappa shape index (κ3) is 18.8. The number of anilines is 1. The lowest BCUT2D eigenvalue weighted by Crippen LogP contribution is -2.41. The molecule has 0 amide bonds. The third-order valence-electron chi connectivity index (χ3n) is 11.3. The fourth-order valence-corrected chi connectivity index (χ4v) is 9.26. The van der Waals surface area contributed by atoms with Gasteiger partial charge in [0.1, 0.15) is 18.4 Å². The second-order valence-electron chi connectivity index (χ2n) is 16.7. The number of hydrogen-bond donors (Lipinski definition) is 3. The molecule has 1 aliphatic rings. The Bertz CT molecular complexity index is 1810. The van der Waals surface area contributed by atoms with Gasteiger partial charge in [0.15, 0.2) is 23.1 Å². The molecule has 0 radical (unpaired) electrons. The van der Waals surface area contributed by atoms with E-state index in [0.29, 0.717) is 12.8 Å². The number of imidazole rings is 1. The molecule has 2 aromatic heterocycles. The number of nitrogens with two attached hydrogens (primary N) is 1. The van der Waals surface area contributed by atoms with E-state index < -0.39 is 63.0 Å². The number of nitrogen functional groups attached to an aromatic ring is 1. The Hall–Kier alpha value is -3.53. The van der Waals surface area contributed by atoms with Gasteiger partial charge >= 0.3 is 25.8 Å². The maximum Gasteiger partial charge on any atom is 0.407 e. The minimum atomic E-state index is -4.57. The van der Waals surface area contributed by atoms with Crippen molar-refractivity contribution in [3.8, 4) is 0 Å². The first-order valence-corrected chi connectivity index (χ1v) is 25.1. The van der Waals surface area contributed by atoms with Gasteiger partial charge < -0.3 is 25.1 Å². The summed E-state index contributed by atoms with van der Waals surface area (Å²) >= 11 is 0. The van der Waals surface area contributed by atoms with Crippen LogP contribution in [0.2, 0.25) is 0 Å². The quantitative estimate of drug-likeness (QED) is 0.0221. The number of nitrogens with one attached hydrogen (secondary N) is 1. The topological polar surface area (TPSA) is 199 Å². The van der Waals surface area contributed by atoms with Crippen molar-refractivity contribution in [2.24, 2.45) is 0 Å². The molecule has 1 saturated heterocycles. The molecule has 1 fully saturated rings. The van der Waals surface area contributed by atoms with Gasteiger partial charge in [-0.15, -0.1) is 0 Å². The Morgan fingerprint density at radius 2 is 1.40 bits per heavy atom. The Kier molecular flexibility index (Phi) is 24.1. The van der Waals surface area contributed by atoms with Gasteiger partial charge in [-0.25, -0.2) is 19.4 Å². The summed E-state index contributed by atoms with van der Waals surface area (Å²) in [6, 6.07) is 7.97. The van der Waals surface area contributed by atoms with E-state index >= 15 is 0 Å². The van der Waals surface area contributed by atoms with Crippen molar-refractivity contribution >= 4 is 36.7 Å². The molecule has 354 valence electrons. The van der Waals surface area contributed by atoms with Crippen molar-refractivity contribution < 1.29 is 46.9 Å². The maximum atomic E-state index is 14.8. The van der Waals surface area contributed by atoms with Gasteiger partial charge in [0, 0.05) is 6.42 Å². The molecule has 6 atom stereocenters. The minimum Gasteiger partial charge on any atom is -0.465 e. The number of aromatic nitrogens is 4. The number of benzene rings is 1.